The van der Waals surface area contributed by atoms with Crippen molar-refractivity contribution in [3.8, 4) is 0 Å². The van der Waals surface area contributed by atoms with Crippen molar-refractivity contribution in [2.75, 3.05) is 26.2 Å². The molecule has 0 unspecified atom stereocenters. The molecule has 1 rings (SSSR count). The Hall–Kier alpha value is 0.250. The summed E-state index contributed by atoms with van der Waals surface area (Å²) in [6, 6.07) is 0. The minimum Gasteiger partial charge on any atom is -1.00 e. The number of nitrogens with zero attached hydrogens (tertiary/aromatic N) is 1. The number of hydrogen-bond acceptors (Lipinski definition) is 0. The quantitative estimate of drug-likeness (QED) is 0.457. The Morgan fingerprint density at radius 1 is 0.706 bits per heavy atom. The highest BCUT2D eigenvalue weighted by atomic mass is 35.5. The standard InChI is InChI=1S/C15H32N.ClH/c1-3-5-6-7-9-13-16(12-4-2)14-10-8-11-15-16;/h3-15H2,1-2H3;1H/q+1;/p-1. The number of hydrogen-bond donors (Lipinski definition) is 0. The van der Waals surface area contributed by atoms with E-state index in [1.165, 1.54) is 88.4 Å². The summed E-state index contributed by atoms with van der Waals surface area (Å²) in [5, 5.41) is 0. The van der Waals surface area contributed by atoms with Crippen LogP contribution in [0, 0.1) is 0 Å². The summed E-state index contributed by atoms with van der Waals surface area (Å²) in [4.78, 5) is 0. The lowest BCUT2D eigenvalue weighted by molar-refractivity contribution is -0.932. The van der Waals surface area contributed by atoms with Crippen molar-refractivity contribution in [3.63, 3.8) is 0 Å². The third-order valence-corrected chi connectivity index (χ3v) is 4.20. The Balaban J connectivity index is 0.00000256. The Bertz CT molecular complexity index is 159. The van der Waals surface area contributed by atoms with Gasteiger partial charge in [0.25, 0.3) is 0 Å². The molecular weight excluding hydrogens is 230 g/mol. The first-order valence-corrected chi connectivity index (χ1v) is 7.68. The van der Waals surface area contributed by atoms with Crippen molar-refractivity contribution in [1.29, 1.82) is 0 Å². The largest absolute Gasteiger partial charge is 1.00 e. The van der Waals surface area contributed by atoms with Gasteiger partial charge in [0.05, 0.1) is 26.2 Å². The lowest BCUT2D eigenvalue weighted by Crippen LogP contribution is -3.00. The molecule has 104 valence electrons. The molecule has 0 bridgehead atoms. The molecule has 1 aliphatic heterocycles. The molecule has 0 radical (unpaired) electrons. The van der Waals surface area contributed by atoms with E-state index in [4.69, 9.17) is 0 Å². The van der Waals surface area contributed by atoms with Gasteiger partial charge in [0.15, 0.2) is 0 Å². The molecular formula is C15H32ClN. The van der Waals surface area contributed by atoms with Crippen molar-refractivity contribution < 1.29 is 16.9 Å². The van der Waals surface area contributed by atoms with E-state index in [0.717, 1.165) is 0 Å². The zero-order valence-electron chi connectivity index (χ0n) is 12.0. The maximum Gasteiger partial charge on any atom is 0.0786 e. The molecule has 0 aromatic carbocycles. The van der Waals surface area contributed by atoms with E-state index >= 15 is 0 Å². The molecule has 0 atom stereocenters. The predicted octanol–water partition coefficient (Wildman–Crippen LogP) is 1.37. The molecule has 0 spiro atoms. The maximum absolute atomic E-state index is 2.35. The molecule has 0 aromatic rings. The molecule has 0 aliphatic carbocycles. The monoisotopic (exact) mass is 261 g/mol. The summed E-state index contributed by atoms with van der Waals surface area (Å²) < 4.78 is 1.46. The maximum atomic E-state index is 2.35. The number of unbranched alkanes of at least 4 members (excludes halogenated alkanes) is 4. The van der Waals surface area contributed by atoms with Crippen molar-refractivity contribution in [2.24, 2.45) is 0 Å². The SMILES string of the molecule is CCCCCCC[N+]1(CCC)CCCCC1.[Cl-]. The molecule has 0 N–H and O–H groups in total. The van der Waals surface area contributed by atoms with E-state index in [9.17, 15) is 0 Å². The molecule has 1 heterocycles. The summed E-state index contributed by atoms with van der Waals surface area (Å²) in [5.74, 6) is 0. The molecule has 0 aromatic heterocycles. The number of quaternary nitrogens is 1. The molecule has 0 saturated carbocycles. The summed E-state index contributed by atoms with van der Waals surface area (Å²) in [6.45, 7) is 10.5. The normalized spacial score (nSPS) is 18.7. The average Bonchev–Trinajstić information content (AvgIpc) is 2.30. The van der Waals surface area contributed by atoms with Gasteiger partial charge in [0.1, 0.15) is 0 Å². The summed E-state index contributed by atoms with van der Waals surface area (Å²) in [6.07, 6.45) is 13.0. The van der Waals surface area contributed by atoms with E-state index in [1.54, 1.807) is 0 Å². The Morgan fingerprint density at radius 3 is 1.94 bits per heavy atom. The predicted molar refractivity (Wildman–Crippen MR) is 72.6 cm³/mol. The van der Waals surface area contributed by atoms with E-state index in [1.807, 2.05) is 0 Å². The van der Waals surface area contributed by atoms with E-state index in [2.05, 4.69) is 13.8 Å². The van der Waals surface area contributed by atoms with E-state index < -0.39 is 0 Å². The van der Waals surface area contributed by atoms with Crippen molar-refractivity contribution in [1.82, 2.24) is 0 Å². The third-order valence-electron chi connectivity index (χ3n) is 4.20. The van der Waals surface area contributed by atoms with E-state index in [0.29, 0.717) is 0 Å². The number of likely N-dealkylation sites (tertiary alicyclic amines) is 1. The zero-order valence-corrected chi connectivity index (χ0v) is 12.8. The second-order valence-corrected chi connectivity index (χ2v) is 5.71. The van der Waals surface area contributed by atoms with Gasteiger partial charge in [-0.1, -0.05) is 33.1 Å². The van der Waals surface area contributed by atoms with Crippen LogP contribution < -0.4 is 12.4 Å². The number of rotatable bonds is 8. The lowest BCUT2D eigenvalue weighted by Gasteiger charge is -2.41. The van der Waals surface area contributed by atoms with Crippen molar-refractivity contribution >= 4 is 0 Å². The van der Waals surface area contributed by atoms with Crippen LogP contribution in [0.25, 0.3) is 0 Å². The Morgan fingerprint density at radius 2 is 1.35 bits per heavy atom. The fourth-order valence-electron chi connectivity index (χ4n) is 3.27. The number of halogens is 1. The van der Waals surface area contributed by atoms with Crippen LogP contribution >= 0.6 is 0 Å². The molecule has 17 heavy (non-hydrogen) atoms. The molecule has 1 saturated heterocycles. The second-order valence-electron chi connectivity index (χ2n) is 5.71. The van der Waals surface area contributed by atoms with Gasteiger partial charge in [-0.15, -0.1) is 0 Å². The van der Waals surface area contributed by atoms with Crippen LogP contribution in [0.15, 0.2) is 0 Å². The zero-order chi connectivity index (χ0) is 11.7. The highest BCUT2D eigenvalue weighted by molar-refractivity contribution is 4.55. The lowest BCUT2D eigenvalue weighted by atomic mass is 10.0. The van der Waals surface area contributed by atoms with Gasteiger partial charge >= 0.3 is 0 Å². The van der Waals surface area contributed by atoms with Crippen LogP contribution in [0.1, 0.15) is 71.6 Å². The average molecular weight is 262 g/mol. The summed E-state index contributed by atoms with van der Waals surface area (Å²) in [5.41, 5.74) is 0. The van der Waals surface area contributed by atoms with Crippen LogP contribution in [0.3, 0.4) is 0 Å². The third kappa shape index (κ3) is 6.67. The van der Waals surface area contributed by atoms with Crippen LogP contribution in [0.4, 0.5) is 0 Å². The Kier molecular flexibility index (Phi) is 10.3. The fraction of sp³-hybridized carbons (Fsp3) is 1.00. The highest BCUT2D eigenvalue weighted by Gasteiger charge is 2.27. The first-order chi connectivity index (χ1) is 7.83. The van der Waals surface area contributed by atoms with Crippen LogP contribution in [-0.4, -0.2) is 30.7 Å². The molecule has 1 aliphatic rings. The summed E-state index contributed by atoms with van der Waals surface area (Å²) in [7, 11) is 0. The Labute approximate surface area is 115 Å². The van der Waals surface area contributed by atoms with Crippen LogP contribution in [0.5, 0.6) is 0 Å². The topological polar surface area (TPSA) is 0 Å². The molecule has 1 nitrogen and oxygen atoms in total. The van der Waals surface area contributed by atoms with Crippen molar-refractivity contribution in [3.05, 3.63) is 0 Å². The van der Waals surface area contributed by atoms with Crippen LogP contribution in [-0.2, 0) is 0 Å². The van der Waals surface area contributed by atoms with Gasteiger partial charge in [0, 0.05) is 0 Å². The highest BCUT2D eigenvalue weighted by Crippen LogP contribution is 2.21. The van der Waals surface area contributed by atoms with Gasteiger partial charge in [0.2, 0.25) is 0 Å². The first kappa shape index (κ1) is 17.2. The first-order valence-electron chi connectivity index (χ1n) is 7.68. The summed E-state index contributed by atoms with van der Waals surface area (Å²) >= 11 is 0. The number of piperidine rings is 1. The van der Waals surface area contributed by atoms with Gasteiger partial charge in [-0.05, 0) is 38.5 Å². The molecule has 0 amide bonds. The molecule has 2 heteroatoms. The smallest absolute Gasteiger partial charge is 0.0786 e. The van der Waals surface area contributed by atoms with Gasteiger partial charge in [-0.2, -0.15) is 0 Å². The minimum absolute atomic E-state index is 0. The van der Waals surface area contributed by atoms with Gasteiger partial charge in [-0.3, -0.25) is 0 Å². The minimum atomic E-state index is 0. The molecule has 1 fully saturated rings. The van der Waals surface area contributed by atoms with Crippen molar-refractivity contribution in [2.45, 2.75) is 71.6 Å². The van der Waals surface area contributed by atoms with Crippen LogP contribution in [0.2, 0.25) is 0 Å². The van der Waals surface area contributed by atoms with E-state index in [-0.39, 0.29) is 12.4 Å². The second kappa shape index (κ2) is 10.2. The fourth-order valence-corrected chi connectivity index (χ4v) is 3.27. The van der Waals surface area contributed by atoms with Gasteiger partial charge < -0.3 is 16.9 Å². The van der Waals surface area contributed by atoms with Gasteiger partial charge in [-0.25, -0.2) is 0 Å².